The number of esters is 1. The lowest BCUT2D eigenvalue weighted by molar-refractivity contribution is 0.0472. The number of hydrogen-bond donors (Lipinski definition) is 1. The van der Waals surface area contributed by atoms with E-state index in [0.717, 1.165) is 0 Å². The molecule has 0 saturated carbocycles. The lowest BCUT2D eigenvalue weighted by atomic mass is 10.2. The van der Waals surface area contributed by atoms with Crippen LogP contribution in [0, 0.1) is 12.3 Å². The van der Waals surface area contributed by atoms with Crippen LogP contribution >= 0.6 is 11.6 Å². The summed E-state index contributed by atoms with van der Waals surface area (Å²) in [5.41, 5.74) is 0.697. The van der Waals surface area contributed by atoms with Gasteiger partial charge in [0.15, 0.2) is 11.5 Å². The number of rotatable bonds is 6. The summed E-state index contributed by atoms with van der Waals surface area (Å²) in [7, 11) is -3.81. The molecule has 0 aliphatic carbocycles. The molecule has 0 fully saturated rings. The number of fused-ring (bicyclic) bond motifs is 1. The average molecular weight is 408 g/mol. The summed E-state index contributed by atoms with van der Waals surface area (Å²) >= 11 is 6.09. The summed E-state index contributed by atoms with van der Waals surface area (Å²) in [6, 6.07) is 8.73. The topological polar surface area (TPSA) is 90.9 Å². The first-order valence-electron chi connectivity index (χ1n) is 7.69. The van der Waals surface area contributed by atoms with Gasteiger partial charge in [-0.3, -0.25) is 0 Å². The van der Waals surface area contributed by atoms with E-state index >= 15 is 0 Å². The number of benzene rings is 2. The van der Waals surface area contributed by atoms with Gasteiger partial charge in [-0.1, -0.05) is 23.6 Å². The second kappa shape index (κ2) is 7.88. The Hall–Kier alpha value is -2.73. The summed E-state index contributed by atoms with van der Waals surface area (Å²) in [6.07, 6.45) is 5.05. The zero-order valence-electron chi connectivity index (χ0n) is 13.9. The van der Waals surface area contributed by atoms with Crippen molar-refractivity contribution in [1.29, 1.82) is 0 Å². The minimum atomic E-state index is -3.81. The third kappa shape index (κ3) is 4.34. The number of nitrogens with one attached hydrogen (secondary N) is 1. The smallest absolute Gasteiger partial charge is 0.338 e. The molecule has 1 N–H and O–H groups in total. The zero-order valence-corrected chi connectivity index (χ0v) is 15.5. The van der Waals surface area contributed by atoms with Gasteiger partial charge >= 0.3 is 5.97 Å². The summed E-state index contributed by atoms with van der Waals surface area (Å²) in [4.78, 5) is 12.2. The van der Waals surface area contributed by atoms with Gasteiger partial charge in [-0.2, -0.15) is 4.72 Å². The van der Waals surface area contributed by atoms with Gasteiger partial charge in [-0.05, 0) is 35.9 Å². The van der Waals surface area contributed by atoms with Gasteiger partial charge in [0.2, 0.25) is 16.8 Å². The van der Waals surface area contributed by atoms with Gasteiger partial charge in [0.1, 0.15) is 6.61 Å². The minimum absolute atomic E-state index is 0.0679. The van der Waals surface area contributed by atoms with Crippen LogP contribution in [-0.2, 0) is 21.4 Å². The Morgan fingerprint density at radius 1 is 1.30 bits per heavy atom. The van der Waals surface area contributed by atoms with Crippen molar-refractivity contribution in [3.63, 3.8) is 0 Å². The van der Waals surface area contributed by atoms with Crippen LogP contribution in [0.15, 0.2) is 41.3 Å². The van der Waals surface area contributed by atoms with Crippen molar-refractivity contribution in [1.82, 2.24) is 4.72 Å². The van der Waals surface area contributed by atoms with Crippen molar-refractivity contribution in [2.24, 2.45) is 0 Å². The second-order valence-corrected chi connectivity index (χ2v) is 7.62. The molecule has 0 spiro atoms. The number of ether oxygens (including phenoxy) is 3. The molecule has 3 rings (SSSR count). The van der Waals surface area contributed by atoms with Crippen molar-refractivity contribution in [2.75, 3.05) is 13.3 Å². The van der Waals surface area contributed by atoms with Crippen LogP contribution in [0.4, 0.5) is 0 Å². The fourth-order valence-corrected chi connectivity index (χ4v) is 3.61. The van der Waals surface area contributed by atoms with Gasteiger partial charge in [0, 0.05) is 0 Å². The van der Waals surface area contributed by atoms with Gasteiger partial charge in [-0.15, -0.1) is 6.42 Å². The van der Waals surface area contributed by atoms with E-state index in [1.165, 1.54) is 24.3 Å². The first kappa shape index (κ1) is 19.0. The molecule has 0 saturated heterocycles. The Morgan fingerprint density at radius 3 is 2.89 bits per heavy atom. The van der Waals surface area contributed by atoms with Gasteiger partial charge in [-0.25, -0.2) is 13.2 Å². The molecular weight excluding hydrogens is 394 g/mol. The van der Waals surface area contributed by atoms with Crippen molar-refractivity contribution < 1.29 is 27.4 Å². The summed E-state index contributed by atoms with van der Waals surface area (Å²) in [5, 5.41) is 0.351. The molecule has 0 atom stereocenters. The molecular formula is C18H14ClNO6S. The van der Waals surface area contributed by atoms with E-state index in [-0.39, 0.29) is 30.4 Å². The largest absolute Gasteiger partial charge is 0.457 e. The van der Waals surface area contributed by atoms with Crippen LogP contribution in [0.5, 0.6) is 11.5 Å². The lowest BCUT2D eigenvalue weighted by Gasteiger charge is -2.09. The van der Waals surface area contributed by atoms with Crippen molar-refractivity contribution in [3.05, 3.63) is 52.5 Å². The molecule has 0 amide bonds. The maximum atomic E-state index is 12.3. The first-order valence-corrected chi connectivity index (χ1v) is 9.55. The van der Waals surface area contributed by atoms with Crippen LogP contribution in [0.1, 0.15) is 15.9 Å². The standard InChI is InChI=1S/C18H14ClNO6S/c1-2-6-20-27(22,23)14-5-3-4-13(9-14)18(21)24-10-12-7-15(19)17-16(8-12)25-11-26-17/h1,3-5,7-9,20H,6,10-11H2. The maximum Gasteiger partial charge on any atom is 0.338 e. The normalized spacial score (nSPS) is 12.4. The van der Waals surface area contributed by atoms with Crippen LogP contribution in [-0.4, -0.2) is 27.7 Å². The quantitative estimate of drug-likeness (QED) is 0.583. The average Bonchev–Trinajstić information content (AvgIpc) is 3.14. The third-order valence-corrected chi connectivity index (χ3v) is 5.28. The first-order chi connectivity index (χ1) is 12.9. The van der Waals surface area contributed by atoms with E-state index in [1.54, 1.807) is 12.1 Å². The van der Waals surface area contributed by atoms with Crippen LogP contribution in [0.25, 0.3) is 0 Å². The predicted molar refractivity (Wildman–Crippen MR) is 97.2 cm³/mol. The number of hydrogen-bond acceptors (Lipinski definition) is 6. The molecule has 0 aromatic heterocycles. The minimum Gasteiger partial charge on any atom is -0.457 e. The SMILES string of the molecule is C#CCNS(=O)(=O)c1cccc(C(=O)OCc2cc(Cl)c3c(c2)OCO3)c1. The van der Waals surface area contributed by atoms with E-state index in [9.17, 15) is 13.2 Å². The highest BCUT2D eigenvalue weighted by molar-refractivity contribution is 7.89. The Labute approximate surface area is 161 Å². The third-order valence-electron chi connectivity index (χ3n) is 3.60. The monoisotopic (exact) mass is 407 g/mol. The van der Waals surface area contributed by atoms with Gasteiger partial charge in [0.05, 0.1) is 22.0 Å². The van der Waals surface area contributed by atoms with Crippen LogP contribution in [0.3, 0.4) is 0 Å². The highest BCUT2D eigenvalue weighted by atomic mass is 35.5. The molecule has 2 aromatic carbocycles. The van der Waals surface area contributed by atoms with Gasteiger partial charge in [0.25, 0.3) is 0 Å². The molecule has 1 aliphatic heterocycles. The molecule has 1 heterocycles. The fraction of sp³-hybridized carbons (Fsp3) is 0.167. The van der Waals surface area contributed by atoms with Crippen LogP contribution < -0.4 is 14.2 Å². The predicted octanol–water partition coefficient (Wildman–Crippen LogP) is 2.34. The van der Waals surface area contributed by atoms with E-state index < -0.39 is 16.0 Å². The van der Waals surface area contributed by atoms with E-state index in [4.69, 9.17) is 32.2 Å². The van der Waals surface area contributed by atoms with Crippen molar-refractivity contribution in [3.8, 4) is 23.8 Å². The van der Waals surface area contributed by atoms with E-state index in [2.05, 4.69) is 10.6 Å². The highest BCUT2D eigenvalue weighted by Gasteiger charge is 2.20. The lowest BCUT2D eigenvalue weighted by Crippen LogP contribution is -2.24. The number of carbonyl (C=O) groups is 1. The summed E-state index contributed by atoms with van der Waals surface area (Å²) in [5.74, 6) is 2.42. The van der Waals surface area contributed by atoms with E-state index in [0.29, 0.717) is 22.1 Å². The zero-order chi connectivity index (χ0) is 19.4. The summed E-state index contributed by atoms with van der Waals surface area (Å²) in [6.45, 7) is -0.142. The van der Waals surface area contributed by atoms with E-state index in [1.807, 2.05) is 0 Å². The molecule has 0 unspecified atom stereocenters. The van der Waals surface area contributed by atoms with Gasteiger partial charge < -0.3 is 14.2 Å². The molecule has 0 bridgehead atoms. The number of sulfonamides is 1. The molecule has 1 aliphatic rings. The Bertz CT molecular complexity index is 1030. The molecule has 2 aromatic rings. The molecule has 7 nitrogen and oxygen atoms in total. The van der Waals surface area contributed by atoms with Crippen LogP contribution in [0.2, 0.25) is 5.02 Å². The molecule has 140 valence electrons. The maximum absolute atomic E-state index is 12.3. The van der Waals surface area contributed by atoms with Crippen molar-refractivity contribution >= 4 is 27.6 Å². The fourth-order valence-electron chi connectivity index (χ4n) is 2.35. The molecule has 0 radical (unpaired) electrons. The number of carbonyl (C=O) groups excluding carboxylic acids is 1. The Morgan fingerprint density at radius 2 is 2.11 bits per heavy atom. The summed E-state index contributed by atoms with van der Waals surface area (Å²) < 4.78 is 42.1. The number of terminal acetylenes is 1. The Balaban J connectivity index is 1.71. The molecule has 27 heavy (non-hydrogen) atoms. The van der Waals surface area contributed by atoms with Crippen molar-refractivity contribution in [2.45, 2.75) is 11.5 Å². The second-order valence-electron chi connectivity index (χ2n) is 5.44. The molecule has 9 heteroatoms. The highest BCUT2D eigenvalue weighted by Crippen LogP contribution is 2.39. The number of halogens is 1. The Kier molecular flexibility index (Phi) is 5.56.